The Morgan fingerprint density at radius 2 is 1.73 bits per heavy atom. The summed E-state index contributed by atoms with van der Waals surface area (Å²) in [6.07, 6.45) is -2.27. The molecule has 3 fully saturated rings. The van der Waals surface area contributed by atoms with Crippen LogP contribution in [0.25, 0.3) is 0 Å². The first kappa shape index (κ1) is 27.6. The number of esters is 4. The van der Waals surface area contributed by atoms with Crippen LogP contribution in [0.4, 0.5) is 0 Å². The van der Waals surface area contributed by atoms with Crippen LogP contribution in [0, 0.1) is 17.3 Å². The van der Waals surface area contributed by atoms with Crippen LogP contribution in [-0.2, 0) is 42.9 Å². The zero-order valence-corrected chi connectivity index (χ0v) is 22.4. The zero-order chi connectivity index (χ0) is 27.7. The summed E-state index contributed by atoms with van der Waals surface area (Å²) in [5.41, 5.74) is -3.99. The van der Waals surface area contributed by atoms with Gasteiger partial charge in [-0.3, -0.25) is 19.2 Å². The normalized spacial score (nSPS) is 46.5. The Bertz CT molecular complexity index is 1070. The molecule has 37 heavy (non-hydrogen) atoms. The second-order valence-electron chi connectivity index (χ2n) is 10.8. The van der Waals surface area contributed by atoms with E-state index >= 15 is 0 Å². The molecule has 0 amide bonds. The highest BCUT2D eigenvalue weighted by Crippen LogP contribution is 2.62. The van der Waals surface area contributed by atoms with Crippen molar-refractivity contribution in [2.75, 3.05) is 0 Å². The molecule has 4 rings (SSSR count). The molecule has 0 aromatic rings. The van der Waals surface area contributed by atoms with Crippen molar-refractivity contribution < 1.29 is 48.0 Å². The summed E-state index contributed by atoms with van der Waals surface area (Å²) in [6, 6.07) is 0. The third-order valence-corrected chi connectivity index (χ3v) is 8.86. The van der Waals surface area contributed by atoms with Crippen LogP contribution < -0.4 is 0 Å². The number of alkyl halides is 1. The minimum Gasteiger partial charge on any atom is -0.459 e. The predicted molar refractivity (Wildman–Crippen MR) is 128 cm³/mol. The van der Waals surface area contributed by atoms with E-state index in [0.717, 1.165) is 0 Å². The van der Waals surface area contributed by atoms with Crippen molar-refractivity contribution in [1.29, 1.82) is 0 Å². The van der Waals surface area contributed by atoms with E-state index < -0.39 is 88.2 Å². The average molecular weight is 541 g/mol. The van der Waals surface area contributed by atoms with Crippen LogP contribution in [0.2, 0.25) is 0 Å². The van der Waals surface area contributed by atoms with E-state index in [9.17, 15) is 24.3 Å². The lowest BCUT2D eigenvalue weighted by Crippen LogP contribution is -2.78. The number of halogens is 1. The SMILES string of the molecule is C=C1C[C@@H](O)[C@H]2O[C@@]3([C@H](OC(C)=O)[C@@H]4[C@]2(C)C=C[C@@H](OC(C)=O)[C@@]4(C)OC(C)=O)[C@@H](C)C(=O)O[C@H]3[C@H]1Cl. The van der Waals surface area contributed by atoms with Gasteiger partial charge >= 0.3 is 23.9 Å². The van der Waals surface area contributed by atoms with E-state index in [1.807, 2.05) is 0 Å². The average Bonchev–Trinajstić information content (AvgIpc) is 3.01. The van der Waals surface area contributed by atoms with Crippen molar-refractivity contribution in [3.05, 3.63) is 24.3 Å². The molecule has 1 aliphatic carbocycles. The third-order valence-electron chi connectivity index (χ3n) is 8.32. The summed E-state index contributed by atoms with van der Waals surface area (Å²) in [5, 5.41) is 10.4. The van der Waals surface area contributed by atoms with Gasteiger partial charge in [0, 0.05) is 26.2 Å². The lowest BCUT2D eigenvalue weighted by molar-refractivity contribution is -0.329. The molecule has 3 aliphatic heterocycles. The maximum absolute atomic E-state index is 13.1. The van der Waals surface area contributed by atoms with Gasteiger partial charge in [-0.15, -0.1) is 11.6 Å². The van der Waals surface area contributed by atoms with E-state index in [1.165, 1.54) is 20.8 Å². The molecular weight excluding hydrogens is 508 g/mol. The van der Waals surface area contributed by atoms with Crippen molar-refractivity contribution in [2.24, 2.45) is 17.3 Å². The molecule has 3 saturated heterocycles. The summed E-state index contributed by atoms with van der Waals surface area (Å²) >= 11 is 6.77. The maximum atomic E-state index is 13.1. The van der Waals surface area contributed by atoms with Gasteiger partial charge in [-0.2, -0.15) is 0 Å². The van der Waals surface area contributed by atoms with Crippen molar-refractivity contribution >= 4 is 35.5 Å². The topological polar surface area (TPSA) is 135 Å². The molecule has 1 N–H and O–H groups in total. The molecular formula is C26H33ClO10. The summed E-state index contributed by atoms with van der Waals surface area (Å²) in [7, 11) is 0. The monoisotopic (exact) mass is 540 g/mol. The van der Waals surface area contributed by atoms with Crippen molar-refractivity contribution in [3.63, 3.8) is 0 Å². The van der Waals surface area contributed by atoms with Crippen LogP contribution in [0.15, 0.2) is 24.3 Å². The van der Waals surface area contributed by atoms with E-state index in [-0.39, 0.29) is 6.42 Å². The number of carbonyl (C=O) groups is 4. The molecule has 11 heteroatoms. The second-order valence-corrected chi connectivity index (χ2v) is 11.3. The Balaban J connectivity index is 2.06. The van der Waals surface area contributed by atoms with E-state index in [1.54, 1.807) is 32.9 Å². The van der Waals surface area contributed by atoms with E-state index in [4.69, 9.17) is 35.3 Å². The number of hydrogen-bond acceptors (Lipinski definition) is 10. The molecule has 204 valence electrons. The first-order chi connectivity index (χ1) is 17.1. The molecule has 0 aromatic carbocycles. The Morgan fingerprint density at radius 1 is 1.11 bits per heavy atom. The van der Waals surface area contributed by atoms with Gasteiger partial charge < -0.3 is 28.8 Å². The van der Waals surface area contributed by atoms with Gasteiger partial charge in [0.2, 0.25) is 0 Å². The molecule has 1 spiro atoms. The number of aliphatic hydroxyl groups excluding tert-OH is 1. The first-order valence-corrected chi connectivity index (χ1v) is 12.6. The Kier molecular flexibility index (Phi) is 6.79. The van der Waals surface area contributed by atoms with Crippen molar-refractivity contribution in [1.82, 2.24) is 0 Å². The smallest absolute Gasteiger partial charge is 0.312 e. The molecule has 0 radical (unpaired) electrons. The number of aliphatic hydroxyl groups is 1. The second kappa shape index (κ2) is 9.10. The van der Waals surface area contributed by atoms with Crippen LogP contribution >= 0.6 is 11.6 Å². The van der Waals surface area contributed by atoms with Crippen molar-refractivity contribution in [3.8, 4) is 0 Å². The van der Waals surface area contributed by atoms with Gasteiger partial charge in [-0.25, -0.2) is 0 Å². The standard InChI is InChI=1S/C26H33ClO10/c1-11-10-16(31)20-24(6)9-8-17(33-13(3)28)25(7,36-15(5)30)19(24)22(34-14(4)29)26(37-20)12(2)23(32)35-21(26)18(11)27/h8-9,12,16-22,31H,1,10H2,2-7H3/t12-,16+,17+,18-,19+,20+,21-,22+,24-,25+,26-/m0/s1. The fourth-order valence-corrected chi connectivity index (χ4v) is 7.21. The molecule has 2 bridgehead atoms. The van der Waals surface area contributed by atoms with Gasteiger partial charge in [-0.05, 0) is 26.3 Å². The van der Waals surface area contributed by atoms with Gasteiger partial charge in [0.05, 0.1) is 29.4 Å². The van der Waals surface area contributed by atoms with Crippen molar-refractivity contribution in [2.45, 2.75) is 95.1 Å². The molecule has 10 nitrogen and oxygen atoms in total. The number of carbonyl (C=O) groups excluding carboxylic acids is 4. The number of hydrogen-bond donors (Lipinski definition) is 1. The van der Waals surface area contributed by atoms with Crippen LogP contribution in [0.5, 0.6) is 0 Å². The van der Waals surface area contributed by atoms with Crippen LogP contribution in [0.1, 0.15) is 48.0 Å². The number of ether oxygens (including phenoxy) is 5. The summed E-state index contributed by atoms with van der Waals surface area (Å²) in [4.78, 5) is 50.1. The summed E-state index contributed by atoms with van der Waals surface area (Å²) in [6.45, 7) is 12.6. The van der Waals surface area contributed by atoms with Gasteiger partial charge in [-0.1, -0.05) is 25.2 Å². The van der Waals surface area contributed by atoms with E-state index in [2.05, 4.69) is 6.58 Å². The van der Waals surface area contributed by atoms with Crippen LogP contribution in [0.3, 0.4) is 0 Å². The molecule has 4 aliphatic rings. The molecule has 3 heterocycles. The minimum atomic E-state index is -1.68. The highest BCUT2D eigenvalue weighted by Gasteiger charge is 2.77. The maximum Gasteiger partial charge on any atom is 0.312 e. The Labute approximate surface area is 220 Å². The lowest BCUT2D eigenvalue weighted by atomic mass is 9.51. The summed E-state index contributed by atoms with van der Waals surface area (Å²) < 4.78 is 29.8. The quantitative estimate of drug-likeness (QED) is 0.245. The molecule has 11 atom stereocenters. The summed E-state index contributed by atoms with van der Waals surface area (Å²) in [5.74, 6) is -4.57. The Morgan fingerprint density at radius 3 is 2.30 bits per heavy atom. The molecule has 0 unspecified atom stereocenters. The predicted octanol–water partition coefficient (Wildman–Crippen LogP) is 1.99. The van der Waals surface area contributed by atoms with E-state index in [0.29, 0.717) is 5.57 Å². The highest BCUT2D eigenvalue weighted by molar-refractivity contribution is 6.23. The number of rotatable bonds is 3. The third kappa shape index (κ3) is 3.99. The lowest BCUT2D eigenvalue weighted by Gasteiger charge is -2.64. The van der Waals surface area contributed by atoms with Gasteiger partial charge in [0.1, 0.15) is 6.10 Å². The zero-order valence-electron chi connectivity index (χ0n) is 21.7. The number of fused-ring (bicyclic) bond motifs is 3. The molecule has 0 aromatic heterocycles. The minimum absolute atomic E-state index is 0.0450. The first-order valence-electron chi connectivity index (χ1n) is 12.2. The highest BCUT2D eigenvalue weighted by atomic mass is 35.5. The Hall–Kier alpha value is -2.43. The van der Waals surface area contributed by atoms with Gasteiger partial charge in [0.25, 0.3) is 0 Å². The molecule has 0 saturated carbocycles. The fraction of sp³-hybridized carbons (Fsp3) is 0.692. The van der Waals surface area contributed by atoms with Crippen LogP contribution in [-0.4, -0.2) is 76.1 Å². The fourth-order valence-electron chi connectivity index (χ4n) is 6.87. The van der Waals surface area contributed by atoms with Gasteiger partial charge in [0.15, 0.2) is 23.4 Å². The largest absolute Gasteiger partial charge is 0.459 e.